The van der Waals surface area contributed by atoms with Crippen molar-refractivity contribution in [2.75, 3.05) is 11.9 Å². The van der Waals surface area contributed by atoms with Crippen molar-refractivity contribution < 1.29 is 0 Å². The van der Waals surface area contributed by atoms with Gasteiger partial charge < -0.3 is 9.88 Å². The summed E-state index contributed by atoms with van der Waals surface area (Å²) in [4.78, 5) is 7.51. The molecule has 3 aromatic carbocycles. The van der Waals surface area contributed by atoms with Gasteiger partial charge in [0.05, 0.1) is 23.3 Å². The molecule has 6 heteroatoms. The lowest BCUT2D eigenvalue weighted by atomic mass is 10.1. The molecule has 0 amide bonds. The second-order valence-corrected chi connectivity index (χ2v) is 8.74. The first kappa shape index (κ1) is 19.9. The number of hydrogen-bond acceptors (Lipinski definition) is 5. The Bertz CT molecular complexity index is 1460. The van der Waals surface area contributed by atoms with Gasteiger partial charge in [0.25, 0.3) is 0 Å². The first-order valence-electron chi connectivity index (χ1n) is 11.4. The number of anilines is 2. The standard InChI is InChI=1S/C27H26N6/c1-18-22-10-6-7-11-23(22)27(31-30-18)28-21-12-13-25-24(16-21)29-26-17-32(14-15-33(25)26)19(2)20-8-4-3-5-9-20/h3-13,16,19H,14-15,17H2,1-2H3,(H,28,31). The van der Waals surface area contributed by atoms with Crippen LogP contribution in [0.15, 0.2) is 72.8 Å². The second-order valence-electron chi connectivity index (χ2n) is 8.74. The van der Waals surface area contributed by atoms with Crippen molar-refractivity contribution in [1.82, 2.24) is 24.6 Å². The Morgan fingerprint density at radius 3 is 2.52 bits per heavy atom. The Labute approximate surface area is 192 Å². The van der Waals surface area contributed by atoms with Crippen molar-refractivity contribution in [3.05, 3.63) is 89.9 Å². The molecule has 5 aromatic rings. The highest BCUT2D eigenvalue weighted by Gasteiger charge is 2.24. The van der Waals surface area contributed by atoms with Gasteiger partial charge in [-0.05, 0) is 37.6 Å². The van der Waals surface area contributed by atoms with Crippen LogP contribution in [0.3, 0.4) is 0 Å². The first-order valence-corrected chi connectivity index (χ1v) is 11.4. The summed E-state index contributed by atoms with van der Waals surface area (Å²) in [5, 5.41) is 14.4. The molecule has 164 valence electrons. The molecule has 0 saturated carbocycles. The minimum absolute atomic E-state index is 0.366. The molecule has 1 N–H and O–H groups in total. The van der Waals surface area contributed by atoms with E-state index in [0.717, 1.165) is 58.9 Å². The Hall–Kier alpha value is -3.77. The highest BCUT2D eigenvalue weighted by molar-refractivity contribution is 5.94. The van der Waals surface area contributed by atoms with Crippen LogP contribution in [0.2, 0.25) is 0 Å². The van der Waals surface area contributed by atoms with E-state index in [4.69, 9.17) is 4.98 Å². The van der Waals surface area contributed by atoms with Gasteiger partial charge in [-0.15, -0.1) is 5.10 Å². The molecule has 1 aliphatic heterocycles. The molecule has 6 nitrogen and oxygen atoms in total. The number of benzene rings is 3. The third-order valence-electron chi connectivity index (χ3n) is 6.75. The molecule has 33 heavy (non-hydrogen) atoms. The highest BCUT2D eigenvalue weighted by atomic mass is 15.3. The number of aryl methyl sites for hydroxylation is 1. The van der Waals surface area contributed by atoms with Crippen LogP contribution >= 0.6 is 0 Å². The molecule has 3 heterocycles. The van der Waals surface area contributed by atoms with Crippen molar-refractivity contribution in [2.45, 2.75) is 33.0 Å². The van der Waals surface area contributed by atoms with E-state index in [1.54, 1.807) is 0 Å². The monoisotopic (exact) mass is 434 g/mol. The zero-order valence-corrected chi connectivity index (χ0v) is 18.9. The minimum atomic E-state index is 0.366. The Kier molecular flexibility index (Phi) is 4.80. The molecule has 0 radical (unpaired) electrons. The van der Waals surface area contributed by atoms with E-state index in [0.29, 0.717) is 6.04 Å². The van der Waals surface area contributed by atoms with Crippen LogP contribution in [0, 0.1) is 6.92 Å². The van der Waals surface area contributed by atoms with Crippen molar-refractivity contribution in [3.63, 3.8) is 0 Å². The number of aromatic nitrogens is 4. The highest BCUT2D eigenvalue weighted by Crippen LogP contribution is 2.30. The molecular formula is C27H26N6. The zero-order chi connectivity index (χ0) is 22.4. The van der Waals surface area contributed by atoms with E-state index in [2.05, 4.69) is 92.6 Å². The summed E-state index contributed by atoms with van der Waals surface area (Å²) in [7, 11) is 0. The lowest BCUT2D eigenvalue weighted by Crippen LogP contribution is -2.35. The maximum absolute atomic E-state index is 5.00. The molecule has 6 rings (SSSR count). The van der Waals surface area contributed by atoms with Crippen molar-refractivity contribution in [3.8, 4) is 0 Å². The molecule has 1 atom stereocenters. The fourth-order valence-corrected chi connectivity index (χ4v) is 4.86. The molecule has 0 fully saturated rings. The summed E-state index contributed by atoms with van der Waals surface area (Å²) in [6.45, 7) is 7.08. The van der Waals surface area contributed by atoms with Crippen LogP contribution in [-0.4, -0.2) is 31.2 Å². The van der Waals surface area contributed by atoms with E-state index in [1.807, 2.05) is 19.1 Å². The van der Waals surface area contributed by atoms with Gasteiger partial charge in [0, 0.05) is 35.6 Å². The van der Waals surface area contributed by atoms with Crippen molar-refractivity contribution >= 4 is 33.3 Å². The smallest absolute Gasteiger partial charge is 0.160 e. The maximum atomic E-state index is 5.00. The van der Waals surface area contributed by atoms with Crippen LogP contribution in [0.5, 0.6) is 0 Å². The summed E-state index contributed by atoms with van der Waals surface area (Å²) in [5.74, 6) is 1.89. The summed E-state index contributed by atoms with van der Waals surface area (Å²) in [6, 6.07) is 25.7. The Morgan fingerprint density at radius 2 is 1.67 bits per heavy atom. The van der Waals surface area contributed by atoms with Crippen molar-refractivity contribution in [1.29, 1.82) is 0 Å². The molecule has 0 spiro atoms. The van der Waals surface area contributed by atoms with Gasteiger partial charge in [-0.1, -0.05) is 54.6 Å². The second kappa shape index (κ2) is 7.98. The van der Waals surface area contributed by atoms with Crippen LogP contribution in [0.25, 0.3) is 21.8 Å². The minimum Gasteiger partial charge on any atom is -0.338 e. The zero-order valence-electron chi connectivity index (χ0n) is 18.9. The van der Waals surface area contributed by atoms with E-state index in [1.165, 1.54) is 11.1 Å². The van der Waals surface area contributed by atoms with Crippen LogP contribution in [0.4, 0.5) is 11.5 Å². The lowest BCUT2D eigenvalue weighted by Gasteiger charge is -2.33. The van der Waals surface area contributed by atoms with Gasteiger partial charge >= 0.3 is 0 Å². The molecule has 2 aromatic heterocycles. The number of nitrogens with one attached hydrogen (secondary N) is 1. The number of nitrogens with zero attached hydrogens (tertiary/aromatic N) is 5. The van der Waals surface area contributed by atoms with E-state index in [-0.39, 0.29) is 0 Å². The number of rotatable bonds is 4. The lowest BCUT2D eigenvalue weighted by molar-refractivity contribution is 0.165. The normalized spacial score (nSPS) is 15.0. The van der Waals surface area contributed by atoms with Crippen molar-refractivity contribution in [2.24, 2.45) is 0 Å². The quantitative estimate of drug-likeness (QED) is 0.398. The van der Waals surface area contributed by atoms with Crippen LogP contribution < -0.4 is 5.32 Å². The fourth-order valence-electron chi connectivity index (χ4n) is 4.86. The summed E-state index contributed by atoms with van der Waals surface area (Å²) in [5.41, 5.74) is 5.44. The third-order valence-corrected chi connectivity index (χ3v) is 6.75. The Balaban J connectivity index is 1.29. The summed E-state index contributed by atoms with van der Waals surface area (Å²) < 4.78 is 2.36. The van der Waals surface area contributed by atoms with Crippen LogP contribution in [-0.2, 0) is 13.1 Å². The largest absolute Gasteiger partial charge is 0.338 e. The topological polar surface area (TPSA) is 58.9 Å². The molecule has 0 saturated heterocycles. The Morgan fingerprint density at radius 1 is 0.879 bits per heavy atom. The molecular weight excluding hydrogens is 408 g/mol. The average molecular weight is 435 g/mol. The van der Waals surface area contributed by atoms with E-state index in [9.17, 15) is 0 Å². The number of fused-ring (bicyclic) bond motifs is 4. The molecule has 1 unspecified atom stereocenters. The first-order chi connectivity index (χ1) is 16.2. The summed E-state index contributed by atoms with van der Waals surface area (Å²) >= 11 is 0. The molecule has 1 aliphatic rings. The van der Waals surface area contributed by atoms with Gasteiger partial charge in [0.2, 0.25) is 0 Å². The summed E-state index contributed by atoms with van der Waals surface area (Å²) in [6.07, 6.45) is 0. The van der Waals surface area contributed by atoms with Gasteiger partial charge in [-0.2, -0.15) is 5.10 Å². The predicted octanol–water partition coefficient (Wildman–Crippen LogP) is 5.61. The number of hydrogen-bond donors (Lipinski definition) is 1. The molecule has 0 aliphatic carbocycles. The van der Waals surface area contributed by atoms with E-state index >= 15 is 0 Å². The average Bonchev–Trinajstić information content (AvgIpc) is 3.23. The van der Waals surface area contributed by atoms with Crippen LogP contribution in [0.1, 0.15) is 30.0 Å². The van der Waals surface area contributed by atoms with Gasteiger partial charge in [-0.25, -0.2) is 4.98 Å². The van der Waals surface area contributed by atoms with Gasteiger partial charge in [0.15, 0.2) is 5.82 Å². The fraction of sp³-hybridized carbons (Fsp3) is 0.222. The predicted molar refractivity (Wildman–Crippen MR) is 133 cm³/mol. The SMILES string of the molecule is Cc1nnc(Nc2ccc3c(c2)nc2n3CCN(C(C)c3ccccc3)C2)c2ccccc12. The maximum Gasteiger partial charge on any atom is 0.160 e. The van der Waals surface area contributed by atoms with E-state index < -0.39 is 0 Å². The third kappa shape index (κ3) is 3.52. The molecule has 0 bridgehead atoms. The number of imidazole rings is 1. The van der Waals surface area contributed by atoms with Gasteiger partial charge in [0.1, 0.15) is 5.82 Å². The van der Waals surface area contributed by atoms with Gasteiger partial charge in [-0.3, -0.25) is 4.90 Å².